The molecule has 29 heavy (non-hydrogen) atoms. The lowest BCUT2D eigenvalue weighted by molar-refractivity contribution is -0.434. The first-order valence-corrected chi connectivity index (χ1v) is 9.25. The molecule has 0 saturated heterocycles. The van der Waals surface area contributed by atoms with Crippen LogP contribution < -0.4 is 0 Å². The third-order valence-corrected chi connectivity index (χ3v) is 6.92. The van der Waals surface area contributed by atoms with Gasteiger partial charge >= 0.3 is 23.1 Å². The van der Waals surface area contributed by atoms with E-state index >= 15 is 0 Å². The van der Waals surface area contributed by atoms with Crippen LogP contribution in [0.2, 0.25) is 0 Å². The van der Waals surface area contributed by atoms with Crippen molar-refractivity contribution in [3.8, 4) is 0 Å². The predicted octanol–water partition coefficient (Wildman–Crippen LogP) is 2.91. The fourth-order valence-corrected chi connectivity index (χ4v) is 6.05. The van der Waals surface area contributed by atoms with Gasteiger partial charge in [0.15, 0.2) is 0 Å². The van der Waals surface area contributed by atoms with Crippen molar-refractivity contribution in [2.24, 2.45) is 11.3 Å². The lowest BCUT2D eigenvalue weighted by Gasteiger charge is -2.63. The molecule has 0 aromatic carbocycles. The second-order valence-corrected chi connectivity index (χ2v) is 9.35. The molecule has 0 heterocycles. The average Bonchev–Trinajstić information content (AvgIpc) is 2.47. The number of carbonyl (C=O) groups excluding carboxylic acids is 1. The minimum absolute atomic E-state index is 0.0134. The smallest absolute Gasteiger partial charge is 0.425 e. The second kappa shape index (κ2) is 6.85. The Bertz CT molecular complexity index is 637. The summed E-state index contributed by atoms with van der Waals surface area (Å²) in [6, 6.07) is 0. The molecule has 2 atom stereocenters. The molecule has 0 aromatic heterocycles. The highest BCUT2D eigenvalue weighted by molar-refractivity contribution is 7.96. The van der Waals surface area contributed by atoms with Gasteiger partial charge in [0.05, 0.1) is 29.9 Å². The van der Waals surface area contributed by atoms with E-state index in [1.54, 1.807) is 0 Å². The fourth-order valence-electron chi connectivity index (χ4n) is 5.60. The monoisotopic (exact) mass is 456 g/mol. The van der Waals surface area contributed by atoms with Crippen LogP contribution in [0, 0.1) is 11.3 Å². The summed E-state index contributed by atoms with van der Waals surface area (Å²) in [5, 5.41) is 32.0. The normalized spacial score (nSPS) is 37.1. The molecule has 0 spiro atoms. The molecule has 4 aliphatic rings. The van der Waals surface area contributed by atoms with Crippen molar-refractivity contribution in [2.75, 3.05) is 6.61 Å². The molecule has 168 valence electrons. The Morgan fingerprint density at radius 3 is 1.90 bits per heavy atom. The van der Waals surface area contributed by atoms with E-state index in [4.69, 9.17) is 5.26 Å². The summed E-state index contributed by atoms with van der Waals surface area (Å²) < 4.78 is 82.6. The van der Waals surface area contributed by atoms with E-state index in [1.807, 2.05) is 0 Å². The highest BCUT2D eigenvalue weighted by Crippen LogP contribution is 2.63. The number of esters is 1. The molecule has 0 aromatic rings. The van der Waals surface area contributed by atoms with Gasteiger partial charge in [-0.2, -0.15) is 26.3 Å². The number of alkyl halides is 6. The maximum absolute atomic E-state index is 13.3. The van der Waals surface area contributed by atoms with Gasteiger partial charge in [-0.25, -0.2) is 10.1 Å². The Morgan fingerprint density at radius 1 is 0.966 bits per heavy atom. The quantitative estimate of drug-likeness (QED) is 0.184. The summed E-state index contributed by atoms with van der Waals surface area (Å²) in [6.45, 7) is -0.846. The zero-order valence-electron chi connectivity index (χ0n) is 14.7. The highest BCUT2D eigenvalue weighted by atomic mass is 32.2. The van der Waals surface area contributed by atoms with Crippen LogP contribution in [0.4, 0.5) is 26.3 Å². The molecule has 4 saturated carbocycles. The molecule has 3 N–H and O–H groups in total. The molecule has 0 radical (unpaired) electrons. The van der Waals surface area contributed by atoms with Crippen molar-refractivity contribution in [3.63, 3.8) is 0 Å². The van der Waals surface area contributed by atoms with Gasteiger partial charge in [0.2, 0.25) is 0 Å². The average molecular weight is 456 g/mol. The Kier molecular flexibility index (Phi) is 5.41. The van der Waals surface area contributed by atoms with E-state index in [0.29, 0.717) is 19.3 Å². The number of aliphatic hydroxyl groups is 2. The lowest BCUT2D eigenvalue weighted by Crippen LogP contribution is -2.65. The maximum Gasteiger partial charge on any atom is 0.425 e. The lowest BCUT2D eigenvalue weighted by atomic mass is 9.46. The zero-order chi connectivity index (χ0) is 21.9. The second-order valence-electron chi connectivity index (χ2n) is 8.44. The molecular weight excluding hydrogens is 438 g/mol. The first-order valence-electron chi connectivity index (χ1n) is 8.51. The molecular formula is C15H18F6O7S. The zero-order valence-corrected chi connectivity index (χ0v) is 15.5. The van der Waals surface area contributed by atoms with Crippen molar-refractivity contribution in [2.45, 2.75) is 66.8 Å². The van der Waals surface area contributed by atoms with Crippen LogP contribution in [0.3, 0.4) is 0 Å². The van der Waals surface area contributed by atoms with Gasteiger partial charge in [-0.3, -0.25) is 0 Å². The fraction of sp³-hybridized carbons (Fsp3) is 0.933. The van der Waals surface area contributed by atoms with Gasteiger partial charge in [0.1, 0.15) is 0 Å². The van der Waals surface area contributed by atoms with E-state index in [-0.39, 0.29) is 25.2 Å². The first kappa shape index (κ1) is 22.9. The summed E-state index contributed by atoms with van der Waals surface area (Å²) in [6.07, 6.45) is -11.4. The van der Waals surface area contributed by atoms with E-state index < -0.39 is 58.3 Å². The molecule has 4 fully saturated rings. The summed E-state index contributed by atoms with van der Waals surface area (Å²) in [7, 11) is 0. The molecule has 4 rings (SSSR count). The van der Waals surface area contributed by atoms with Crippen LogP contribution in [0.1, 0.15) is 38.5 Å². The van der Waals surface area contributed by atoms with Crippen molar-refractivity contribution < 1.29 is 60.7 Å². The largest absolute Gasteiger partial charge is 0.463 e. The van der Waals surface area contributed by atoms with Crippen molar-refractivity contribution in [1.29, 1.82) is 0 Å². The van der Waals surface area contributed by atoms with Crippen molar-refractivity contribution >= 4 is 18.0 Å². The summed E-state index contributed by atoms with van der Waals surface area (Å²) >= 11 is -1.49. The maximum atomic E-state index is 13.3. The standard InChI is InChI=1S/C15H18F6O7S/c16-14(17,18)13(15(19,20)21,29-28-27-25)9(22)26-7-10-1-8-2-11(23,4-10)6-12(24,3-8)5-10/h8,23-25H,1-7H2. The first-order chi connectivity index (χ1) is 13.1. The van der Waals surface area contributed by atoms with Crippen LogP contribution in [-0.2, 0) is 18.9 Å². The Labute approximate surface area is 164 Å². The van der Waals surface area contributed by atoms with E-state index in [0.717, 1.165) is 0 Å². The topological polar surface area (TPSA) is 105 Å². The third kappa shape index (κ3) is 3.82. The molecule has 0 amide bonds. The van der Waals surface area contributed by atoms with Crippen LogP contribution in [-0.4, -0.2) is 56.3 Å². The van der Waals surface area contributed by atoms with E-state index in [9.17, 15) is 41.4 Å². The number of hydrogen-bond acceptors (Lipinski definition) is 8. The molecule has 14 heteroatoms. The molecule has 4 aliphatic carbocycles. The minimum Gasteiger partial charge on any atom is -0.463 e. The number of ether oxygens (including phenoxy) is 1. The Balaban J connectivity index is 1.84. The van der Waals surface area contributed by atoms with Crippen LogP contribution in [0.5, 0.6) is 0 Å². The van der Waals surface area contributed by atoms with Gasteiger partial charge in [-0.1, -0.05) is 5.04 Å². The van der Waals surface area contributed by atoms with Crippen LogP contribution in [0.25, 0.3) is 0 Å². The molecule has 7 nitrogen and oxygen atoms in total. The highest BCUT2D eigenvalue weighted by Gasteiger charge is 2.79. The third-order valence-electron chi connectivity index (χ3n) is 5.91. The molecule has 4 bridgehead atoms. The number of rotatable bonds is 6. The summed E-state index contributed by atoms with van der Waals surface area (Å²) in [4.78, 5) is 12.1. The minimum atomic E-state index is -6.20. The predicted molar refractivity (Wildman–Crippen MR) is 81.7 cm³/mol. The Hall–Kier alpha value is -0.800. The van der Waals surface area contributed by atoms with Gasteiger partial charge in [-0.05, 0) is 38.0 Å². The van der Waals surface area contributed by atoms with Gasteiger partial charge in [0, 0.05) is 11.8 Å². The number of hydrogen-bond donors (Lipinski definition) is 3. The van der Waals surface area contributed by atoms with Crippen LogP contribution in [0.15, 0.2) is 0 Å². The molecule has 2 unspecified atom stereocenters. The van der Waals surface area contributed by atoms with Crippen molar-refractivity contribution in [1.82, 2.24) is 0 Å². The van der Waals surface area contributed by atoms with Crippen molar-refractivity contribution in [3.05, 3.63) is 0 Å². The van der Waals surface area contributed by atoms with E-state index in [2.05, 4.69) is 14.1 Å². The number of halogens is 6. The van der Waals surface area contributed by atoms with E-state index in [1.165, 1.54) is 0 Å². The SMILES string of the molecule is O=C(OCC12CC3CC(O)(CC(O)(C3)C1)C2)C(SOOO)(C(F)(F)F)C(F)(F)F. The van der Waals surface area contributed by atoms with Gasteiger partial charge in [0.25, 0.3) is 0 Å². The van der Waals surface area contributed by atoms with Gasteiger partial charge < -0.3 is 14.9 Å². The number of carbonyl (C=O) groups is 1. The van der Waals surface area contributed by atoms with Crippen LogP contribution >= 0.6 is 12.0 Å². The Morgan fingerprint density at radius 2 is 1.48 bits per heavy atom. The molecule has 0 aliphatic heterocycles. The summed E-state index contributed by atoms with van der Waals surface area (Å²) in [5.41, 5.74) is -3.76. The van der Waals surface area contributed by atoms with Gasteiger partial charge in [-0.15, -0.1) is 4.33 Å². The summed E-state index contributed by atoms with van der Waals surface area (Å²) in [5.74, 6) is -2.88.